The fourth-order valence-corrected chi connectivity index (χ4v) is 4.29. The van der Waals surface area contributed by atoms with Crippen molar-refractivity contribution in [2.24, 2.45) is 0 Å². The van der Waals surface area contributed by atoms with Gasteiger partial charge in [-0.05, 0) is 49.1 Å². The monoisotopic (exact) mass is 461 g/mol. The minimum absolute atomic E-state index is 0.0216. The van der Waals surface area contributed by atoms with Gasteiger partial charge >= 0.3 is 12.1 Å². The lowest BCUT2D eigenvalue weighted by Crippen LogP contribution is -2.39. The van der Waals surface area contributed by atoms with Gasteiger partial charge in [0.25, 0.3) is 0 Å². The number of aromatic nitrogens is 1. The average molecular weight is 462 g/mol. The number of pyridine rings is 1. The second-order valence-corrected chi connectivity index (χ2v) is 8.50. The van der Waals surface area contributed by atoms with Crippen LogP contribution in [0.25, 0.3) is 11.3 Å². The molecule has 1 amide bonds. The number of carbonyl (C=O) groups excluding carboxylic acids is 1. The van der Waals surface area contributed by atoms with Crippen molar-refractivity contribution in [3.05, 3.63) is 76.9 Å². The van der Waals surface area contributed by atoms with E-state index < -0.39 is 12.1 Å². The Balaban J connectivity index is 1.57. The third-order valence-corrected chi connectivity index (χ3v) is 6.07. The van der Waals surface area contributed by atoms with E-state index in [9.17, 15) is 19.8 Å². The van der Waals surface area contributed by atoms with Gasteiger partial charge in [0.2, 0.25) is 0 Å². The molecule has 1 atom stereocenters. The van der Waals surface area contributed by atoms with E-state index in [1.807, 2.05) is 31.2 Å². The number of piperidine rings is 1. The fraction of sp³-hybridized carbons (Fsp3) is 0.269. The van der Waals surface area contributed by atoms with Gasteiger partial charge < -0.3 is 25.6 Å². The minimum atomic E-state index is -1.18. The first-order valence-electron chi connectivity index (χ1n) is 11.1. The number of phenols is 1. The summed E-state index contributed by atoms with van der Waals surface area (Å²) in [7, 11) is 0. The summed E-state index contributed by atoms with van der Waals surface area (Å²) in [6.45, 7) is 2.99. The summed E-state index contributed by atoms with van der Waals surface area (Å²) in [6.07, 6.45) is 0.938. The molecule has 1 aliphatic heterocycles. The van der Waals surface area contributed by atoms with Gasteiger partial charge in [0.15, 0.2) is 0 Å². The number of aromatic hydroxyl groups is 1. The number of carboxylic acids is 1. The topological polar surface area (TPSA) is 126 Å². The Morgan fingerprint density at radius 2 is 1.91 bits per heavy atom. The van der Waals surface area contributed by atoms with Crippen LogP contribution in [0.15, 0.2) is 54.6 Å². The summed E-state index contributed by atoms with van der Waals surface area (Å²) >= 11 is 0. The number of likely N-dealkylation sites (tertiary alicyclic amines) is 1. The summed E-state index contributed by atoms with van der Waals surface area (Å²) in [4.78, 5) is 30.6. The highest BCUT2D eigenvalue weighted by Crippen LogP contribution is 2.36. The summed E-state index contributed by atoms with van der Waals surface area (Å²) in [5, 5.41) is 20.1. The molecule has 4 N–H and O–H groups in total. The van der Waals surface area contributed by atoms with Crippen molar-refractivity contribution >= 4 is 17.9 Å². The first kappa shape index (κ1) is 23.1. The number of anilines is 1. The number of benzene rings is 2. The van der Waals surface area contributed by atoms with Gasteiger partial charge in [-0.3, -0.25) is 0 Å². The van der Waals surface area contributed by atoms with Crippen molar-refractivity contribution in [3.63, 3.8) is 0 Å². The molecule has 0 saturated carbocycles. The minimum Gasteiger partial charge on any atom is -0.507 e. The Kier molecular flexibility index (Phi) is 6.67. The fourth-order valence-electron chi connectivity index (χ4n) is 4.29. The van der Waals surface area contributed by atoms with Crippen molar-refractivity contribution in [1.82, 2.24) is 9.88 Å². The highest BCUT2D eigenvalue weighted by atomic mass is 16.6. The molecule has 2 heterocycles. The summed E-state index contributed by atoms with van der Waals surface area (Å²) in [5.74, 6) is -1.54. The number of nitrogen functional groups attached to an aromatic ring is 1. The molecule has 34 heavy (non-hydrogen) atoms. The van der Waals surface area contributed by atoms with E-state index in [-0.39, 0.29) is 29.7 Å². The van der Waals surface area contributed by atoms with E-state index in [4.69, 9.17) is 10.5 Å². The number of aromatic carboxylic acids is 1. The second-order valence-electron chi connectivity index (χ2n) is 8.50. The third-order valence-electron chi connectivity index (χ3n) is 6.07. The molecule has 0 radical (unpaired) electrons. The molecule has 8 heteroatoms. The lowest BCUT2D eigenvalue weighted by molar-refractivity contribution is 0.0694. The predicted octanol–water partition coefficient (Wildman–Crippen LogP) is 4.56. The van der Waals surface area contributed by atoms with Crippen LogP contribution in [0.1, 0.15) is 45.8 Å². The van der Waals surface area contributed by atoms with Gasteiger partial charge in [0.05, 0.1) is 5.69 Å². The molecular weight excluding hydrogens is 434 g/mol. The van der Waals surface area contributed by atoms with Crippen molar-refractivity contribution in [1.29, 1.82) is 0 Å². The van der Waals surface area contributed by atoms with Crippen molar-refractivity contribution in [2.45, 2.75) is 32.3 Å². The molecule has 0 spiro atoms. The standard InChI is InChI=1S/C26H27N3O5/c1-16-8-10-17(11-9-16)15-34-26(33)29-12-4-5-18(14-29)20-13-21(19-6-2-3-7-22(19)30)28-24(27)23(20)25(31)32/h2-3,6-11,13,18,30H,4-5,12,14-15H2,1H3,(H2,27,28)(H,31,32). The summed E-state index contributed by atoms with van der Waals surface area (Å²) in [6, 6.07) is 16.1. The first-order chi connectivity index (χ1) is 16.3. The first-order valence-corrected chi connectivity index (χ1v) is 11.1. The maximum atomic E-state index is 12.8. The predicted molar refractivity (Wildman–Crippen MR) is 128 cm³/mol. The molecule has 3 aromatic rings. The van der Waals surface area contributed by atoms with E-state index in [1.165, 1.54) is 6.07 Å². The number of hydrogen-bond donors (Lipinski definition) is 3. The number of carboxylic acid groups (broad SMARTS) is 1. The van der Waals surface area contributed by atoms with Crippen molar-refractivity contribution < 1.29 is 24.5 Å². The Labute approximate surface area is 197 Å². The van der Waals surface area contributed by atoms with Gasteiger partial charge in [0.1, 0.15) is 23.7 Å². The lowest BCUT2D eigenvalue weighted by atomic mass is 9.87. The van der Waals surface area contributed by atoms with Crippen LogP contribution < -0.4 is 5.73 Å². The molecule has 0 aliphatic carbocycles. The van der Waals surface area contributed by atoms with Crippen LogP contribution in [0.2, 0.25) is 0 Å². The zero-order valence-corrected chi connectivity index (χ0v) is 18.9. The van der Waals surface area contributed by atoms with E-state index in [0.29, 0.717) is 42.8 Å². The summed E-state index contributed by atoms with van der Waals surface area (Å²) in [5.41, 5.74) is 9.35. The molecule has 1 aliphatic rings. The number of hydrogen-bond acceptors (Lipinski definition) is 6. The van der Waals surface area contributed by atoms with Crippen LogP contribution >= 0.6 is 0 Å². The highest BCUT2D eigenvalue weighted by molar-refractivity contribution is 5.95. The number of rotatable bonds is 5. The Hall–Kier alpha value is -4.07. The van der Waals surface area contributed by atoms with Gasteiger partial charge in [-0.2, -0.15) is 0 Å². The van der Waals surface area contributed by atoms with Gasteiger partial charge in [-0.25, -0.2) is 14.6 Å². The number of para-hydroxylation sites is 1. The van der Waals surface area contributed by atoms with E-state index in [0.717, 1.165) is 11.1 Å². The number of nitrogens with zero attached hydrogens (tertiary/aromatic N) is 2. The summed E-state index contributed by atoms with van der Waals surface area (Å²) < 4.78 is 5.50. The maximum absolute atomic E-state index is 12.8. The van der Waals surface area contributed by atoms with E-state index >= 15 is 0 Å². The normalized spacial score (nSPS) is 15.7. The van der Waals surface area contributed by atoms with Gasteiger partial charge in [-0.1, -0.05) is 42.0 Å². The maximum Gasteiger partial charge on any atom is 0.410 e. The number of nitrogens with two attached hydrogens (primary N) is 1. The molecule has 0 bridgehead atoms. The van der Waals surface area contributed by atoms with E-state index in [2.05, 4.69) is 4.98 Å². The molecule has 8 nitrogen and oxygen atoms in total. The molecular formula is C26H27N3O5. The molecule has 1 unspecified atom stereocenters. The number of amides is 1. The second kappa shape index (κ2) is 9.82. The smallest absolute Gasteiger partial charge is 0.410 e. The van der Waals surface area contributed by atoms with E-state index in [1.54, 1.807) is 29.2 Å². The SMILES string of the molecule is Cc1ccc(COC(=O)N2CCCC(c3cc(-c4ccccc4O)nc(N)c3C(=O)O)C2)cc1. The molecule has 176 valence electrons. The quantitative estimate of drug-likeness (QED) is 0.508. The number of phenolic OH excluding ortho intramolecular Hbond substituents is 1. The van der Waals surface area contributed by atoms with Gasteiger partial charge in [0, 0.05) is 24.6 Å². The molecule has 4 rings (SSSR count). The number of ether oxygens (including phenoxy) is 1. The van der Waals surface area contributed by atoms with Crippen molar-refractivity contribution in [3.8, 4) is 17.0 Å². The van der Waals surface area contributed by atoms with Crippen LogP contribution in [-0.2, 0) is 11.3 Å². The van der Waals surface area contributed by atoms with Crippen LogP contribution in [-0.4, -0.2) is 45.2 Å². The Morgan fingerprint density at radius 1 is 1.18 bits per heavy atom. The number of aryl methyl sites for hydroxylation is 1. The van der Waals surface area contributed by atoms with Gasteiger partial charge in [-0.15, -0.1) is 0 Å². The van der Waals surface area contributed by atoms with Crippen LogP contribution in [0.4, 0.5) is 10.6 Å². The van der Waals surface area contributed by atoms with Crippen LogP contribution in [0.5, 0.6) is 5.75 Å². The van der Waals surface area contributed by atoms with Crippen molar-refractivity contribution in [2.75, 3.05) is 18.8 Å². The van der Waals surface area contributed by atoms with Crippen LogP contribution in [0.3, 0.4) is 0 Å². The number of carbonyl (C=O) groups is 2. The zero-order chi connectivity index (χ0) is 24.2. The van der Waals surface area contributed by atoms with Crippen LogP contribution in [0, 0.1) is 6.92 Å². The average Bonchev–Trinajstić information content (AvgIpc) is 2.83. The largest absolute Gasteiger partial charge is 0.507 e. The Bertz CT molecular complexity index is 1210. The lowest BCUT2D eigenvalue weighted by Gasteiger charge is -2.33. The molecule has 1 saturated heterocycles. The molecule has 1 aromatic heterocycles. The third kappa shape index (κ3) is 4.96. The molecule has 1 fully saturated rings. The zero-order valence-electron chi connectivity index (χ0n) is 18.9. The highest BCUT2D eigenvalue weighted by Gasteiger charge is 2.30. The molecule has 2 aromatic carbocycles. The Morgan fingerprint density at radius 3 is 2.62 bits per heavy atom.